The molecule has 1 unspecified atom stereocenters. The van der Waals surface area contributed by atoms with Crippen molar-refractivity contribution in [3.8, 4) is 11.5 Å². The largest absolute Gasteiger partial charge is 0.454 e. The van der Waals surface area contributed by atoms with Crippen molar-refractivity contribution in [2.75, 3.05) is 30.1 Å². The smallest absolute Gasteiger partial charge is 0.231 e. The summed E-state index contributed by atoms with van der Waals surface area (Å²) in [6.07, 6.45) is 4.87. The Balaban J connectivity index is 1.32. The SMILES string of the molecule is O=C(Nc1ccc2c(c1)OCO2)C1CCCN(c2ncnc3nc[nH]c23)C1. The fourth-order valence-corrected chi connectivity index (χ4v) is 3.59. The highest BCUT2D eigenvalue weighted by atomic mass is 16.7. The average molecular weight is 366 g/mol. The van der Waals surface area contributed by atoms with Gasteiger partial charge in [0.25, 0.3) is 0 Å². The molecule has 1 atom stereocenters. The average Bonchev–Trinajstić information content (AvgIpc) is 3.36. The van der Waals surface area contributed by atoms with Crippen molar-refractivity contribution < 1.29 is 14.3 Å². The van der Waals surface area contributed by atoms with Crippen LogP contribution in [0.25, 0.3) is 11.2 Å². The van der Waals surface area contributed by atoms with Crippen molar-refractivity contribution in [1.29, 1.82) is 0 Å². The summed E-state index contributed by atoms with van der Waals surface area (Å²) >= 11 is 0. The van der Waals surface area contributed by atoms with Gasteiger partial charge < -0.3 is 24.7 Å². The van der Waals surface area contributed by atoms with Crippen LogP contribution in [0, 0.1) is 5.92 Å². The number of amides is 1. The van der Waals surface area contributed by atoms with Crippen LogP contribution in [0.4, 0.5) is 11.5 Å². The number of carbonyl (C=O) groups excluding carboxylic acids is 1. The van der Waals surface area contributed by atoms with Gasteiger partial charge in [-0.25, -0.2) is 15.0 Å². The van der Waals surface area contributed by atoms with Crippen LogP contribution in [0.15, 0.2) is 30.9 Å². The Hall–Kier alpha value is -3.36. The Morgan fingerprint density at radius 3 is 3.11 bits per heavy atom. The zero-order chi connectivity index (χ0) is 18.2. The Bertz CT molecular complexity index is 1000. The summed E-state index contributed by atoms with van der Waals surface area (Å²) in [4.78, 5) is 30.7. The number of aromatic amines is 1. The minimum absolute atomic E-state index is 0.00604. The second kappa shape index (κ2) is 6.42. The third-order valence-electron chi connectivity index (χ3n) is 4.93. The summed E-state index contributed by atoms with van der Waals surface area (Å²) in [6, 6.07) is 5.42. The van der Waals surface area contributed by atoms with E-state index in [1.807, 2.05) is 6.07 Å². The minimum atomic E-state index is -0.128. The maximum absolute atomic E-state index is 12.8. The molecule has 0 saturated carbocycles. The monoisotopic (exact) mass is 366 g/mol. The lowest BCUT2D eigenvalue weighted by Gasteiger charge is -2.32. The molecule has 1 aromatic carbocycles. The van der Waals surface area contributed by atoms with E-state index in [-0.39, 0.29) is 18.6 Å². The molecule has 3 aromatic rings. The molecule has 1 saturated heterocycles. The molecule has 1 amide bonds. The summed E-state index contributed by atoms with van der Waals surface area (Å²) in [5, 5.41) is 2.99. The summed E-state index contributed by atoms with van der Waals surface area (Å²) in [7, 11) is 0. The number of piperidine rings is 1. The maximum Gasteiger partial charge on any atom is 0.231 e. The number of imidazole rings is 1. The number of ether oxygens (including phenoxy) is 2. The highest BCUT2D eigenvalue weighted by Crippen LogP contribution is 2.34. The molecule has 0 bridgehead atoms. The zero-order valence-corrected chi connectivity index (χ0v) is 14.5. The number of hydrogen-bond donors (Lipinski definition) is 2. The number of aromatic nitrogens is 4. The second-order valence-corrected chi connectivity index (χ2v) is 6.64. The molecule has 138 valence electrons. The Kier molecular flexibility index (Phi) is 3.77. The topological polar surface area (TPSA) is 105 Å². The van der Waals surface area contributed by atoms with E-state index in [0.29, 0.717) is 29.4 Å². The van der Waals surface area contributed by atoms with Crippen molar-refractivity contribution in [2.24, 2.45) is 5.92 Å². The number of carbonyl (C=O) groups is 1. The molecule has 1 fully saturated rings. The molecule has 2 N–H and O–H groups in total. The van der Waals surface area contributed by atoms with E-state index in [9.17, 15) is 4.79 Å². The van der Waals surface area contributed by atoms with E-state index < -0.39 is 0 Å². The van der Waals surface area contributed by atoms with Gasteiger partial charge in [-0.2, -0.15) is 0 Å². The number of rotatable bonds is 3. The van der Waals surface area contributed by atoms with Gasteiger partial charge in [0.15, 0.2) is 23.0 Å². The van der Waals surface area contributed by atoms with Gasteiger partial charge in [0.2, 0.25) is 12.7 Å². The molecule has 4 heterocycles. The van der Waals surface area contributed by atoms with Crippen LogP contribution >= 0.6 is 0 Å². The lowest BCUT2D eigenvalue weighted by Crippen LogP contribution is -2.41. The maximum atomic E-state index is 12.8. The van der Waals surface area contributed by atoms with E-state index >= 15 is 0 Å². The molecule has 2 aliphatic rings. The summed E-state index contributed by atoms with van der Waals surface area (Å²) in [6.45, 7) is 1.66. The molecule has 5 rings (SSSR count). The fraction of sp³-hybridized carbons (Fsp3) is 0.333. The van der Waals surface area contributed by atoms with Gasteiger partial charge in [-0.3, -0.25) is 4.79 Å². The zero-order valence-electron chi connectivity index (χ0n) is 14.5. The lowest BCUT2D eigenvalue weighted by molar-refractivity contribution is -0.120. The van der Waals surface area contributed by atoms with E-state index in [4.69, 9.17) is 9.47 Å². The number of nitrogens with one attached hydrogen (secondary N) is 2. The number of anilines is 2. The Labute approximate surface area is 154 Å². The van der Waals surface area contributed by atoms with Crippen LogP contribution in [0.5, 0.6) is 11.5 Å². The summed E-state index contributed by atoms with van der Waals surface area (Å²) in [5.74, 6) is 2.01. The second-order valence-electron chi connectivity index (χ2n) is 6.64. The van der Waals surface area contributed by atoms with Crippen LogP contribution in [0.1, 0.15) is 12.8 Å². The molecule has 2 aliphatic heterocycles. The van der Waals surface area contributed by atoms with Crippen molar-refractivity contribution in [3.63, 3.8) is 0 Å². The Morgan fingerprint density at radius 2 is 2.15 bits per heavy atom. The first-order valence-corrected chi connectivity index (χ1v) is 8.87. The van der Waals surface area contributed by atoms with Crippen LogP contribution in [-0.4, -0.2) is 45.7 Å². The molecule has 9 heteroatoms. The van der Waals surface area contributed by atoms with Crippen LogP contribution in [-0.2, 0) is 4.79 Å². The number of nitrogens with zero attached hydrogens (tertiary/aromatic N) is 4. The van der Waals surface area contributed by atoms with E-state index in [0.717, 1.165) is 30.7 Å². The Morgan fingerprint density at radius 1 is 1.22 bits per heavy atom. The predicted molar refractivity (Wildman–Crippen MR) is 97.8 cm³/mol. The minimum Gasteiger partial charge on any atom is -0.454 e. The van der Waals surface area contributed by atoms with Crippen molar-refractivity contribution in [2.45, 2.75) is 12.8 Å². The van der Waals surface area contributed by atoms with Crippen LogP contribution in [0.3, 0.4) is 0 Å². The summed E-state index contributed by atoms with van der Waals surface area (Å²) < 4.78 is 10.7. The molecule has 0 spiro atoms. The van der Waals surface area contributed by atoms with Gasteiger partial charge in [-0.1, -0.05) is 0 Å². The van der Waals surface area contributed by atoms with Crippen molar-refractivity contribution in [3.05, 3.63) is 30.9 Å². The molecule has 27 heavy (non-hydrogen) atoms. The fourth-order valence-electron chi connectivity index (χ4n) is 3.59. The summed E-state index contributed by atoms with van der Waals surface area (Å²) in [5.41, 5.74) is 2.14. The van der Waals surface area contributed by atoms with Gasteiger partial charge in [0, 0.05) is 24.8 Å². The number of hydrogen-bond acceptors (Lipinski definition) is 7. The normalized spacial score (nSPS) is 18.7. The van der Waals surface area contributed by atoms with Crippen molar-refractivity contribution in [1.82, 2.24) is 19.9 Å². The predicted octanol–water partition coefficient (Wildman–Crippen LogP) is 1.94. The molecule has 2 aromatic heterocycles. The molecule has 0 radical (unpaired) electrons. The first-order valence-electron chi connectivity index (χ1n) is 8.87. The third kappa shape index (κ3) is 2.90. The van der Waals surface area contributed by atoms with Gasteiger partial charge in [-0.15, -0.1) is 0 Å². The first-order chi connectivity index (χ1) is 13.3. The van der Waals surface area contributed by atoms with Crippen LogP contribution < -0.4 is 19.7 Å². The number of H-pyrrole nitrogens is 1. The van der Waals surface area contributed by atoms with E-state index in [1.54, 1.807) is 18.5 Å². The molecule has 9 nitrogen and oxygen atoms in total. The lowest BCUT2D eigenvalue weighted by atomic mass is 9.97. The van der Waals surface area contributed by atoms with Gasteiger partial charge >= 0.3 is 0 Å². The number of benzene rings is 1. The number of fused-ring (bicyclic) bond motifs is 2. The third-order valence-corrected chi connectivity index (χ3v) is 4.93. The van der Waals surface area contributed by atoms with Gasteiger partial charge in [-0.05, 0) is 25.0 Å². The molecule has 0 aliphatic carbocycles. The first kappa shape index (κ1) is 15.9. The van der Waals surface area contributed by atoms with E-state index in [1.165, 1.54) is 6.33 Å². The van der Waals surface area contributed by atoms with Crippen molar-refractivity contribution >= 4 is 28.6 Å². The van der Waals surface area contributed by atoms with Gasteiger partial charge in [0.05, 0.1) is 12.2 Å². The van der Waals surface area contributed by atoms with Crippen LogP contribution in [0.2, 0.25) is 0 Å². The quantitative estimate of drug-likeness (QED) is 0.730. The van der Waals surface area contributed by atoms with Gasteiger partial charge in [0.1, 0.15) is 11.8 Å². The molecular weight excluding hydrogens is 348 g/mol. The molecular formula is C18H18N6O3. The highest BCUT2D eigenvalue weighted by molar-refractivity contribution is 5.93. The highest BCUT2D eigenvalue weighted by Gasteiger charge is 2.28. The standard InChI is InChI=1S/C18H18N6O3/c25-18(23-12-3-4-13-14(6-12)27-10-26-13)11-2-1-5-24(7-11)17-15-16(20-8-19-15)21-9-22-17/h3-4,6,8-9,11H,1-2,5,7,10H2,(H,23,25)(H,19,20,21,22). The van der Waals surface area contributed by atoms with E-state index in [2.05, 4.69) is 30.2 Å².